The van der Waals surface area contributed by atoms with Crippen LogP contribution in [0.25, 0.3) is 22.6 Å². The molecule has 180 valence electrons. The summed E-state index contributed by atoms with van der Waals surface area (Å²) in [6, 6.07) is 18.8. The number of nitrogens with one attached hydrogen (secondary N) is 1. The molecule has 0 aliphatic rings. The van der Waals surface area contributed by atoms with Gasteiger partial charge in [-0.2, -0.15) is 14.9 Å². The Morgan fingerprint density at radius 1 is 0.806 bits per heavy atom. The minimum Gasteiger partial charge on any atom is -0.455 e. The SMILES string of the molecule is Cc1c(Cl)cccc1-c1ccc(/C=N/Nc2nncn2/N=C/c2ccc(-c3cccc(Cl)c3C)o2)o1. The van der Waals surface area contributed by atoms with Crippen LogP contribution >= 0.6 is 23.2 Å². The number of hydrazone groups is 1. The van der Waals surface area contributed by atoms with Crippen molar-refractivity contribution in [3.05, 3.63) is 99.7 Å². The van der Waals surface area contributed by atoms with Crippen LogP contribution in [0.15, 0.2) is 86.0 Å². The molecule has 3 aromatic heterocycles. The van der Waals surface area contributed by atoms with Gasteiger partial charge in [-0.15, -0.1) is 10.2 Å². The average Bonchev–Trinajstić information content (AvgIpc) is 3.63. The van der Waals surface area contributed by atoms with Crippen molar-refractivity contribution >= 4 is 41.6 Å². The molecule has 1 N–H and O–H groups in total. The van der Waals surface area contributed by atoms with Gasteiger partial charge < -0.3 is 8.83 Å². The van der Waals surface area contributed by atoms with Crippen molar-refractivity contribution in [2.24, 2.45) is 10.2 Å². The Morgan fingerprint density at radius 3 is 2.00 bits per heavy atom. The first-order valence-electron chi connectivity index (χ1n) is 10.9. The van der Waals surface area contributed by atoms with Crippen LogP contribution in [0, 0.1) is 13.8 Å². The van der Waals surface area contributed by atoms with E-state index in [9.17, 15) is 0 Å². The van der Waals surface area contributed by atoms with Gasteiger partial charge in [0, 0.05) is 21.2 Å². The maximum absolute atomic E-state index is 6.22. The third kappa shape index (κ3) is 4.95. The van der Waals surface area contributed by atoms with E-state index in [0.717, 1.165) is 22.3 Å². The molecule has 0 atom stereocenters. The highest BCUT2D eigenvalue weighted by molar-refractivity contribution is 6.32. The number of furan rings is 2. The van der Waals surface area contributed by atoms with Crippen LogP contribution in [0.2, 0.25) is 10.0 Å². The summed E-state index contributed by atoms with van der Waals surface area (Å²) in [5.41, 5.74) is 6.57. The van der Waals surface area contributed by atoms with Gasteiger partial charge in [0.2, 0.25) is 0 Å². The molecule has 0 fully saturated rings. The van der Waals surface area contributed by atoms with Crippen molar-refractivity contribution in [3.8, 4) is 22.6 Å². The first-order valence-corrected chi connectivity index (χ1v) is 11.7. The minimum atomic E-state index is 0.317. The second kappa shape index (κ2) is 10.2. The Morgan fingerprint density at radius 2 is 1.39 bits per heavy atom. The number of nitrogens with zero attached hydrogens (tertiary/aromatic N) is 5. The molecule has 0 unspecified atom stereocenters. The zero-order valence-electron chi connectivity index (χ0n) is 19.3. The van der Waals surface area contributed by atoms with Crippen molar-refractivity contribution in [1.82, 2.24) is 14.9 Å². The number of halogens is 2. The summed E-state index contributed by atoms with van der Waals surface area (Å²) in [4.78, 5) is 0. The quantitative estimate of drug-likeness (QED) is 0.184. The summed E-state index contributed by atoms with van der Waals surface area (Å²) in [6.45, 7) is 3.90. The number of anilines is 1. The second-order valence-electron chi connectivity index (χ2n) is 7.84. The van der Waals surface area contributed by atoms with Crippen LogP contribution in [-0.2, 0) is 0 Å². The van der Waals surface area contributed by atoms with E-state index in [1.807, 2.05) is 74.5 Å². The molecule has 0 amide bonds. The summed E-state index contributed by atoms with van der Waals surface area (Å²) >= 11 is 12.4. The van der Waals surface area contributed by atoms with E-state index in [1.165, 1.54) is 17.2 Å². The first kappa shape index (κ1) is 23.6. The maximum Gasteiger partial charge on any atom is 0.265 e. The number of rotatable bonds is 7. The fraction of sp³-hybridized carbons (Fsp3) is 0.0769. The molecule has 0 aliphatic carbocycles. The Hall–Kier alpha value is -4.14. The van der Waals surface area contributed by atoms with E-state index in [-0.39, 0.29) is 0 Å². The highest BCUT2D eigenvalue weighted by Crippen LogP contribution is 2.30. The van der Waals surface area contributed by atoms with E-state index in [2.05, 4.69) is 25.8 Å². The van der Waals surface area contributed by atoms with E-state index >= 15 is 0 Å². The summed E-state index contributed by atoms with van der Waals surface area (Å²) in [5, 5.41) is 17.8. The monoisotopic (exact) mass is 518 g/mol. The lowest BCUT2D eigenvalue weighted by molar-refractivity contribution is 0.574. The van der Waals surface area contributed by atoms with Gasteiger partial charge in [-0.3, -0.25) is 0 Å². The highest BCUT2D eigenvalue weighted by Gasteiger charge is 2.10. The normalized spacial score (nSPS) is 11.7. The Bertz CT molecular complexity index is 1580. The Kier molecular flexibility index (Phi) is 6.71. The topological polar surface area (TPSA) is 93.7 Å². The van der Waals surface area contributed by atoms with Gasteiger partial charge in [0.15, 0.2) is 0 Å². The molecule has 0 aliphatic heterocycles. The van der Waals surface area contributed by atoms with E-state index in [0.29, 0.717) is 39.0 Å². The van der Waals surface area contributed by atoms with Crippen molar-refractivity contribution in [2.75, 3.05) is 5.43 Å². The molecular weight excluding hydrogens is 499 g/mol. The Labute approximate surface area is 216 Å². The molecule has 3 heterocycles. The van der Waals surface area contributed by atoms with Crippen LogP contribution in [0.1, 0.15) is 22.6 Å². The molecule has 8 nitrogen and oxygen atoms in total. The lowest BCUT2D eigenvalue weighted by atomic mass is 10.1. The lowest BCUT2D eigenvalue weighted by Gasteiger charge is -2.03. The standard InChI is InChI=1S/C26H20Cl2N6O2/c1-16-20(5-3-7-22(16)27)24-11-9-18(35-24)13-29-32-26-33-30-15-34(26)31-14-19-10-12-25(36-19)21-6-4-8-23(28)17(21)2/h3-15H,1-2H3,(H,32,33)/b29-13+,31-14+. The zero-order valence-corrected chi connectivity index (χ0v) is 20.8. The molecular formula is C26H20Cl2N6O2. The van der Waals surface area contributed by atoms with Gasteiger partial charge in [0.05, 0.1) is 12.4 Å². The van der Waals surface area contributed by atoms with Gasteiger partial charge >= 0.3 is 0 Å². The van der Waals surface area contributed by atoms with Crippen LogP contribution in [-0.4, -0.2) is 27.3 Å². The van der Waals surface area contributed by atoms with Crippen molar-refractivity contribution in [2.45, 2.75) is 13.8 Å². The number of aromatic nitrogens is 3. The van der Waals surface area contributed by atoms with Gasteiger partial charge in [0.25, 0.3) is 5.95 Å². The third-order valence-electron chi connectivity index (χ3n) is 5.52. The van der Waals surface area contributed by atoms with Gasteiger partial charge in [0.1, 0.15) is 29.4 Å². The van der Waals surface area contributed by atoms with Crippen LogP contribution < -0.4 is 5.43 Å². The number of hydrogen-bond acceptors (Lipinski definition) is 7. The number of benzene rings is 2. The molecule has 36 heavy (non-hydrogen) atoms. The van der Waals surface area contributed by atoms with E-state index in [4.69, 9.17) is 32.0 Å². The fourth-order valence-electron chi connectivity index (χ4n) is 3.54. The largest absolute Gasteiger partial charge is 0.455 e. The summed E-state index contributed by atoms with van der Waals surface area (Å²) < 4.78 is 13.2. The highest BCUT2D eigenvalue weighted by atomic mass is 35.5. The molecule has 0 bridgehead atoms. The van der Waals surface area contributed by atoms with E-state index < -0.39 is 0 Å². The average molecular weight is 519 g/mol. The van der Waals surface area contributed by atoms with E-state index in [1.54, 1.807) is 6.21 Å². The van der Waals surface area contributed by atoms with Crippen LogP contribution in [0.4, 0.5) is 5.95 Å². The molecule has 0 spiro atoms. The summed E-state index contributed by atoms with van der Waals surface area (Å²) in [6.07, 6.45) is 4.55. The molecule has 5 rings (SSSR count). The van der Waals surface area contributed by atoms with Crippen molar-refractivity contribution in [1.29, 1.82) is 0 Å². The van der Waals surface area contributed by atoms with Gasteiger partial charge in [-0.1, -0.05) is 47.5 Å². The summed E-state index contributed by atoms with van der Waals surface area (Å²) in [5.74, 6) is 2.85. The van der Waals surface area contributed by atoms with Gasteiger partial charge in [-0.25, -0.2) is 5.43 Å². The molecule has 0 saturated carbocycles. The molecule has 0 saturated heterocycles. The predicted molar refractivity (Wildman–Crippen MR) is 142 cm³/mol. The van der Waals surface area contributed by atoms with Crippen LogP contribution in [0.5, 0.6) is 0 Å². The number of hydrogen-bond donors (Lipinski definition) is 1. The minimum absolute atomic E-state index is 0.317. The zero-order chi connectivity index (χ0) is 25.1. The van der Waals surface area contributed by atoms with Crippen molar-refractivity contribution < 1.29 is 8.83 Å². The third-order valence-corrected chi connectivity index (χ3v) is 6.33. The van der Waals surface area contributed by atoms with Gasteiger partial charge in [-0.05, 0) is 61.4 Å². The molecule has 2 aromatic carbocycles. The maximum atomic E-state index is 6.22. The summed E-state index contributed by atoms with van der Waals surface area (Å²) in [7, 11) is 0. The molecule has 5 aromatic rings. The predicted octanol–water partition coefficient (Wildman–Crippen LogP) is 7.05. The molecule has 10 heteroatoms. The first-order chi connectivity index (χ1) is 17.5. The molecule has 0 radical (unpaired) electrons. The van der Waals surface area contributed by atoms with Crippen LogP contribution in [0.3, 0.4) is 0 Å². The Balaban J connectivity index is 1.26. The fourth-order valence-corrected chi connectivity index (χ4v) is 3.89. The smallest absolute Gasteiger partial charge is 0.265 e. The second-order valence-corrected chi connectivity index (χ2v) is 8.66. The van der Waals surface area contributed by atoms with Crippen molar-refractivity contribution in [3.63, 3.8) is 0 Å². The lowest BCUT2D eigenvalue weighted by Crippen LogP contribution is -1.98.